The second-order valence-electron chi connectivity index (χ2n) is 7.51. The van der Waals surface area contributed by atoms with Gasteiger partial charge in [0.15, 0.2) is 0 Å². The van der Waals surface area contributed by atoms with Gasteiger partial charge < -0.3 is 9.64 Å². The standard InChI is InChI=1S/C18H26BrFN2O2/c1-12-10-22(17(23)24-18(3,4)5)13(2)9-21(12)11-14-6-7-16(20)15(19)8-14/h6-8,12-13H,9-11H2,1-5H3. The van der Waals surface area contributed by atoms with Crippen molar-refractivity contribution in [3.63, 3.8) is 0 Å². The minimum absolute atomic E-state index is 0.0694. The molecule has 1 aliphatic rings. The highest BCUT2D eigenvalue weighted by Crippen LogP contribution is 2.23. The van der Waals surface area contributed by atoms with Gasteiger partial charge in [-0.15, -0.1) is 0 Å². The second-order valence-corrected chi connectivity index (χ2v) is 8.36. The number of hydrogen-bond acceptors (Lipinski definition) is 3. The Morgan fingerprint density at radius 3 is 2.54 bits per heavy atom. The molecule has 0 spiro atoms. The summed E-state index contributed by atoms with van der Waals surface area (Å²) in [4.78, 5) is 16.5. The van der Waals surface area contributed by atoms with Crippen molar-refractivity contribution >= 4 is 22.0 Å². The Morgan fingerprint density at radius 1 is 1.29 bits per heavy atom. The van der Waals surface area contributed by atoms with E-state index in [4.69, 9.17) is 4.74 Å². The van der Waals surface area contributed by atoms with Crippen LogP contribution in [-0.4, -0.2) is 46.7 Å². The molecule has 134 valence electrons. The van der Waals surface area contributed by atoms with Crippen LogP contribution in [0.5, 0.6) is 0 Å². The summed E-state index contributed by atoms with van der Waals surface area (Å²) in [5.74, 6) is -0.255. The van der Waals surface area contributed by atoms with Gasteiger partial charge in [0.2, 0.25) is 0 Å². The second kappa shape index (κ2) is 7.40. The number of carbonyl (C=O) groups is 1. The Hall–Kier alpha value is -1.14. The Balaban J connectivity index is 2.02. The molecule has 2 atom stereocenters. The van der Waals surface area contributed by atoms with Crippen molar-refractivity contribution in [1.29, 1.82) is 0 Å². The third-order valence-corrected chi connectivity index (χ3v) is 4.72. The topological polar surface area (TPSA) is 32.8 Å². The van der Waals surface area contributed by atoms with Crippen molar-refractivity contribution in [2.24, 2.45) is 0 Å². The van der Waals surface area contributed by atoms with Crippen LogP contribution in [0.2, 0.25) is 0 Å². The lowest BCUT2D eigenvalue weighted by atomic mass is 10.1. The molecule has 0 aliphatic carbocycles. The monoisotopic (exact) mass is 400 g/mol. The van der Waals surface area contributed by atoms with E-state index in [1.165, 1.54) is 6.07 Å². The van der Waals surface area contributed by atoms with E-state index in [2.05, 4.69) is 27.8 Å². The zero-order valence-electron chi connectivity index (χ0n) is 15.0. The predicted octanol–water partition coefficient (Wildman–Crippen LogP) is 4.42. The molecule has 1 aliphatic heterocycles. The Morgan fingerprint density at radius 2 is 1.96 bits per heavy atom. The summed E-state index contributed by atoms with van der Waals surface area (Å²) in [6, 6.07) is 5.37. The third-order valence-electron chi connectivity index (χ3n) is 4.11. The summed E-state index contributed by atoms with van der Waals surface area (Å²) >= 11 is 3.23. The minimum atomic E-state index is -0.489. The van der Waals surface area contributed by atoms with Crippen molar-refractivity contribution < 1.29 is 13.9 Å². The molecule has 1 aromatic carbocycles. The first-order valence-corrected chi connectivity index (χ1v) is 9.03. The van der Waals surface area contributed by atoms with Crippen molar-refractivity contribution in [3.05, 3.63) is 34.1 Å². The van der Waals surface area contributed by atoms with E-state index in [-0.39, 0.29) is 24.0 Å². The van der Waals surface area contributed by atoms with Crippen LogP contribution in [-0.2, 0) is 11.3 Å². The van der Waals surface area contributed by atoms with Gasteiger partial charge in [-0.05, 0) is 68.2 Å². The van der Waals surface area contributed by atoms with E-state index in [9.17, 15) is 9.18 Å². The summed E-state index contributed by atoms with van der Waals surface area (Å²) in [5.41, 5.74) is 0.561. The number of halogens is 2. The molecule has 4 nitrogen and oxygen atoms in total. The lowest BCUT2D eigenvalue weighted by molar-refractivity contribution is -0.0117. The van der Waals surface area contributed by atoms with Crippen LogP contribution in [0.3, 0.4) is 0 Å². The van der Waals surface area contributed by atoms with Crippen LogP contribution in [0.4, 0.5) is 9.18 Å². The molecule has 2 rings (SSSR count). The molecule has 24 heavy (non-hydrogen) atoms. The molecular weight excluding hydrogens is 375 g/mol. The highest BCUT2D eigenvalue weighted by atomic mass is 79.9. The first-order chi connectivity index (χ1) is 11.1. The summed E-state index contributed by atoms with van der Waals surface area (Å²) in [5, 5.41) is 0. The Bertz CT molecular complexity index is 603. The molecule has 1 amide bonds. The molecular formula is C18H26BrFN2O2. The fourth-order valence-electron chi connectivity index (χ4n) is 2.87. The molecule has 0 bridgehead atoms. The lowest BCUT2D eigenvalue weighted by Crippen LogP contribution is -2.58. The van der Waals surface area contributed by atoms with Gasteiger partial charge in [-0.3, -0.25) is 4.90 Å². The van der Waals surface area contributed by atoms with E-state index in [1.807, 2.05) is 33.8 Å². The average molecular weight is 401 g/mol. The van der Waals surface area contributed by atoms with Crippen LogP contribution >= 0.6 is 15.9 Å². The Kier molecular flexibility index (Phi) is 5.91. The van der Waals surface area contributed by atoms with Gasteiger partial charge in [0.25, 0.3) is 0 Å². The van der Waals surface area contributed by atoms with Crippen molar-refractivity contribution in [1.82, 2.24) is 9.80 Å². The molecule has 0 N–H and O–H groups in total. The van der Waals surface area contributed by atoms with Crippen molar-refractivity contribution in [3.8, 4) is 0 Å². The fraction of sp³-hybridized carbons (Fsp3) is 0.611. The van der Waals surface area contributed by atoms with Gasteiger partial charge in [0.05, 0.1) is 4.47 Å². The number of hydrogen-bond donors (Lipinski definition) is 0. The molecule has 0 saturated carbocycles. The molecule has 1 aromatic rings. The zero-order chi connectivity index (χ0) is 18.1. The summed E-state index contributed by atoms with van der Waals surface area (Å²) in [6.07, 6.45) is -0.258. The smallest absolute Gasteiger partial charge is 0.410 e. The maximum absolute atomic E-state index is 13.4. The van der Waals surface area contributed by atoms with Crippen LogP contribution < -0.4 is 0 Å². The SMILES string of the molecule is CC1CN(C(=O)OC(C)(C)C)C(C)CN1Cc1ccc(F)c(Br)c1. The van der Waals surface area contributed by atoms with E-state index in [0.29, 0.717) is 11.0 Å². The quantitative estimate of drug-likeness (QED) is 0.736. The highest BCUT2D eigenvalue weighted by molar-refractivity contribution is 9.10. The Labute approximate surface area is 152 Å². The number of rotatable bonds is 2. The van der Waals surface area contributed by atoms with E-state index < -0.39 is 5.60 Å². The maximum atomic E-state index is 13.4. The average Bonchev–Trinajstić information content (AvgIpc) is 2.44. The van der Waals surface area contributed by atoms with Crippen LogP contribution in [0.25, 0.3) is 0 Å². The molecule has 2 unspecified atom stereocenters. The first-order valence-electron chi connectivity index (χ1n) is 8.24. The van der Waals surface area contributed by atoms with Gasteiger partial charge in [0.1, 0.15) is 11.4 Å². The summed E-state index contributed by atoms with van der Waals surface area (Å²) < 4.78 is 19.4. The molecule has 0 aromatic heterocycles. The number of nitrogens with zero attached hydrogens (tertiary/aromatic N) is 2. The van der Waals surface area contributed by atoms with Crippen molar-refractivity contribution in [2.75, 3.05) is 13.1 Å². The van der Waals surface area contributed by atoms with Gasteiger partial charge in [0, 0.05) is 31.7 Å². The normalized spacial score (nSPS) is 22.5. The van der Waals surface area contributed by atoms with Gasteiger partial charge in [-0.1, -0.05) is 6.07 Å². The first kappa shape index (κ1) is 19.2. The van der Waals surface area contributed by atoms with Crippen LogP contribution in [0, 0.1) is 5.82 Å². The molecule has 6 heteroatoms. The number of ether oxygens (including phenoxy) is 1. The number of amides is 1. The van der Waals surface area contributed by atoms with Crippen LogP contribution in [0.1, 0.15) is 40.2 Å². The molecule has 0 radical (unpaired) electrons. The number of carbonyl (C=O) groups excluding carboxylic acids is 1. The summed E-state index contributed by atoms with van der Waals surface area (Å²) in [7, 11) is 0. The van der Waals surface area contributed by atoms with E-state index in [0.717, 1.165) is 18.7 Å². The molecule has 1 saturated heterocycles. The maximum Gasteiger partial charge on any atom is 0.410 e. The van der Waals surface area contributed by atoms with Gasteiger partial charge >= 0.3 is 6.09 Å². The third kappa shape index (κ3) is 4.93. The van der Waals surface area contributed by atoms with E-state index in [1.54, 1.807) is 11.0 Å². The largest absolute Gasteiger partial charge is 0.444 e. The van der Waals surface area contributed by atoms with Crippen LogP contribution in [0.15, 0.2) is 22.7 Å². The summed E-state index contributed by atoms with van der Waals surface area (Å²) in [6.45, 7) is 11.9. The molecule has 1 fully saturated rings. The minimum Gasteiger partial charge on any atom is -0.444 e. The van der Waals surface area contributed by atoms with Crippen molar-refractivity contribution in [2.45, 2.75) is 58.8 Å². The fourth-order valence-corrected chi connectivity index (χ4v) is 3.29. The van der Waals surface area contributed by atoms with Gasteiger partial charge in [-0.25, -0.2) is 9.18 Å². The lowest BCUT2D eigenvalue weighted by Gasteiger charge is -2.44. The number of piperazine rings is 1. The predicted molar refractivity (Wildman–Crippen MR) is 96.4 cm³/mol. The molecule has 1 heterocycles. The van der Waals surface area contributed by atoms with E-state index >= 15 is 0 Å². The van der Waals surface area contributed by atoms with Gasteiger partial charge in [-0.2, -0.15) is 0 Å². The zero-order valence-corrected chi connectivity index (χ0v) is 16.6. The number of benzene rings is 1. The highest BCUT2D eigenvalue weighted by Gasteiger charge is 2.34.